The zero-order valence-electron chi connectivity index (χ0n) is 13.2. The Morgan fingerprint density at radius 2 is 1.76 bits per heavy atom. The first-order valence-corrected chi connectivity index (χ1v) is 9.10. The molecule has 0 unspecified atom stereocenters. The molecule has 21 heavy (non-hydrogen) atoms. The Bertz CT molecular complexity index is 605. The number of aryl methyl sites for hydroxylation is 2. The number of hydrogen-bond donors (Lipinski definition) is 1. The standard InChI is InChI=1S/C16H26N2O2S/c1-12-9-13(2)16(10-14(12)11-17)21(19,20)18(3)15-7-5-4-6-8-15/h9-10,15H,4-8,11,17H2,1-3H3. The van der Waals surface area contributed by atoms with Crippen LogP contribution in [-0.2, 0) is 16.6 Å². The van der Waals surface area contributed by atoms with Gasteiger partial charge in [-0.15, -0.1) is 0 Å². The summed E-state index contributed by atoms with van der Waals surface area (Å²) < 4.78 is 27.4. The van der Waals surface area contributed by atoms with E-state index in [0.717, 1.165) is 42.4 Å². The number of benzene rings is 1. The van der Waals surface area contributed by atoms with Gasteiger partial charge in [-0.05, 0) is 49.4 Å². The van der Waals surface area contributed by atoms with E-state index in [4.69, 9.17) is 5.73 Å². The van der Waals surface area contributed by atoms with Gasteiger partial charge in [-0.1, -0.05) is 25.3 Å². The smallest absolute Gasteiger partial charge is 0.243 e. The fraction of sp³-hybridized carbons (Fsp3) is 0.625. The van der Waals surface area contributed by atoms with E-state index in [-0.39, 0.29) is 6.04 Å². The Morgan fingerprint density at radius 1 is 1.14 bits per heavy atom. The molecule has 2 rings (SSSR count). The molecule has 4 nitrogen and oxygen atoms in total. The fourth-order valence-corrected chi connectivity index (χ4v) is 4.84. The number of nitrogens with two attached hydrogens (primary N) is 1. The van der Waals surface area contributed by atoms with Crippen molar-refractivity contribution in [3.05, 3.63) is 28.8 Å². The molecule has 0 bridgehead atoms. The second kappa shape index (κ2) is 6.46. The van der Waals surface area contributed by atoms with E-state index in [1.807, 2.05) is 19.9 Å². The molecule has 0 heterocycles. The van der Waals surface area contributed by atoms with Crippen molar-refractivity contribution in [2.75, 3.05) is 7.05 Å². The van der Waals surface area contributed by atoms with Crippen LogP contribution >= 0.6 is 0 Å². The Kier molecular flexibility index (Phi) is 5.07. The fourth-order valence-electron chi connectivity index (χ4n) is 3.17. The van der Waals surface area contributed by atoms with Crippen molar-refractivity contribution in [3.63, 3.8) is 0 Å². The second-order valence-corrected chi connectivity index (χ2v) is 8.03. The summed E-state index contributed by atoms with van der Waals surface area (Å²) in [6.45, 7) is 4.19. The lowest BCUT2D eigenvalue weighted by Gasteiger charge is -2.31. The van der Waals surface area contributed by atoms with E-state index >= 15 is 0 Å². The van der Waals surface area contributed by atoms with Gasteiger partial charge in [0, 0.05) is 19.6 Å². The molecule has 2 N–H and O–H groups in total. The summed E-state index contributed by atoms with van der Waals surface area (Å²) >= 11 is 0. The first-order chi connectivity index (χ1) is 9.87. The molecule has 1 aliphatic rings. The molecule has 0 aromatic heterocycles. The van der Waals surface area contributed by atoms with Crippen LogP contribution in [0.15, 0.2) is 17.0 Å². The molecule has 1 aromatic carbocycles. The zero-order chi connectivity index (χ0) is 15.6. The molecule has 0 amide bonds. The van der Waals surface area contributed by atoms with Gasteiger partial charge in [-0.3, -0.25) is 0 Å². The zero-order valence-corrected chi connectivity index (χ0v) is 14.0. The van der Waals surface area contributed by atoms with Gasteiger partial charge in [0.15, 0.2) is 0 Å². The summed E-state index contributed by atoms with van der Waals surface area (Å²) in [5.74, 6) is 0. The predicted molar refractivity (Wildman–Crippen MR) is 85.6 cm³/mol. The summed E-state index contributed by atoms with van der Waals surface area (Å²) in [5.41, 5.74) is 8.47. The van der Waals surface area contributed by atoms with Crippen LogP contribution in [0.25, 0.3) is 0 Å². The third-order valence-electron chi connectivity index (χ3n) is 4.60. The molecule has 0 atom stereocenters. The van der Waals surface area contributed by atoms with E-state index in [2.05, 4.69) is 0 Å². The van der Waals surface area contributed by atoms with Gasteiger partial charge < -0.3 is 5.73 Å². The Morgan fingerprint density at radius 3 is 2.33 bits per heavy atom. The first-order valence-electron chi connectivity index (χ1n) is 7.66. The minimum atomic E-state index is -3.44. The van der Waals surface area contributed by atoms with Gasteiger partial charge in [0.05, 0.1) is 4.90 Å². The summed E-state index contributed by atoms with van der Waals surface area (Å²) in [6.07, 6.45) is 5.37. The third kappa shape index (κ3) is 3.30. The number of sulfonamides is 1. The Balaban J connectivity index is 2.38. The first kappa shape index (κ1) is 16.5. The van der Waals surface area contributed by atoms with Gasteiger partial charge >= 0.3 is 0 Å². The normalized spacial score (nSPS) is 17.4. The van der Waals surface area contributed by atoms with Crippen LogP contribution < -0.4 is 5.73 Å². The molecule has 5 heteroatoms. The van der Waals surface area contributed by atoms with E-state index < -0.39 is 10.0 Å². The molecule has 1 fully saturated rings. The third-order valence-corrected chi connectivity index (χ3v) is 6.65. The molecule has 0 aliphatic heterocycles. The van der Waals surface area contributed by atoms with E-state index in [1.54, 1.807) is 17.4 Å². The lowest BCUT2D eigenvalue weighted by atomic mass is 9.96. The summed E-state index contributed by atoms with van der Waals surface area (Å²) in [4.78, 5) is 0.404. The lowest BCUT2D eigenvalue weighted by molar-refractivity contribution is 0.285. The van der Waals surface area contributed by atoms with E-state index in [1.165, 1.54) is 6.42 Å². The largest absolute Gasteiger partial charge is 0.326 e. The van der Waals surface area contributed by atoms with Crippen LogP contribution in [0.4, 0.5) is 0 Å². The SMILES string of the molecule is Cc1cc(C)c(S(=O)(=O)N(C)C2CCCCC2)cc1CN. The average Bonchev–Trinajstić information content (AvgIpc) is 2.47. The van der Waals surface area contributed by atoms with Crippen molar-refractivity contribution < 1.29 is 8.42 Å². The maximum absolute atomic E-state index is 12.9. The van der Waals surface area contributed by atoms with Gasteiger partial charge in [-0.2, -0.15) is 4.31 Å². The van der Waals surface area contributed by atoms with Crippen molar-refractivity contribution >= 4 is 10.0 Å². The van der Waals surface area contributed by atoms with Gasteiger partial charge in [0.25, 0.3) is 0 Å². The quantitative estimate of drug-likeness (QED) is 0.930. The van der Waals surface area contributed by atoms with Crippen molar-refractivity contribution in [1.29, 1.82) is 0 Å². The van der Waals surface area contributed by atoms with Crippen molar-refractivity contribution in [2.24, 2.45) is 5.73 Å². The highest BCUT2D eigenvalue weighted by molar-refractivity contribution is 7.89. The number of hydrogen-bond acceptors (Lipinski definition) is 3. The minimum absolute atomic E-state index is 0.130. The van der Waals surface area contributed by atoms with Crippen LogP contribution in [0.1, 0.15) is 48.8 Å². The van der Waals surface area contributed by atoms with Crippen LogP contribution in [0.5, 0.6) is 0 Å². The summed E-state index contributed by atoms with van der Waals surface area (Å²) in [6, 6.07) is 3.80. The molecular weight excluding hydrogens is 284 g/mol. The average molecular weight is 310 g/mol. The highest BCUT2D eigenvalue weighted by Crippen LogP contribution is 2.29. The summed E-state index contributed by atoms with van der Waals surface area (Å²) in [7, 11) is -1.73. The van der Waals surface area contributed by atoms with Crippen LogP contribution in [0.3, 0.4) is 0 Å². The number of rotatable bonds is 4. The van der Waals surface area contributed by atoms with Gasteiger partial charge in [-0.25, -0.2) is 8.42 Å². The van der Waals surface area contributed by atoms with Crippen LogP contribution in [0, 0.1) is 13.8 Å². The molecule has 1 saturated carbocycles. The van der Waals surface area contributed by atoms with E-state index in [9.17, 15) is 8.42 Å². The predicted octanol–water partition coefficient (Wildman–Crippen LogP) is 2.72. The molecule has 0 spiro atoms. The molecule has 118 valence electrons. The van der Waals surface area contributed by atoms with E-state index in [0.29, 0.717) is 11.4 Å². The molecule has 1 aliphatic carbocycles. The monoisotopic (exact) mass is 310 g/mol. The Hall–Kier alpha value is -0.910. The van der Waals surface area contributed by atoms with Crippen molar-refractivity contribution in [1.82, 2.24) is 4.31 Å². The topological polar surface area (TPSA) is 63.4 Å². The highest BCUT2D eigenvalue weighted by atomic mass is 32.2. The second-order valence-electron chi connectivity index (χ2n) is 6.06. The highest BCUT2D eigenvalue weighted by Gasteiger charge is 2.30. The molecular formula is C16H26N2O2S. The molecule has 0 radical (unpaired) electrons. The summed E-state index contributed by atoms with van der Waals surface area (Å²) in [5, 5.41) is 0. The lowest BCUT2D eigenvalue weighted by Crippen LogP contribution is -2.38. The molecule has 0 saturated heterocycles. The van der Waals surface area contributed by atoms with Crippen molar-refractivity contribution in [2.45, 2.75) is 63.4 Å². The van der Waals surface area contributed by atoms with Crippen LogP contribution in [0.2, 0.25) is 0 Å². The van der Waals surface area contributed by atoms with Gasteiger partial charge in [0.1, 0.15) is 0 Å². The minimum Gasteiger partial charge on any atom is -0.326 e. The number of nitrogens with zero attached hydrogens (tertiary/aromatic N) is 1. The van der Waals surface area contributed by atoms with Crippen molar-refractivity contribution in [3.8, 4) is 0 Å². The molecule has 1 aromatic rings. The van der Waals surface area contributed by atoms with Crippen LogP contribution in [-0.4, -0.2) is 25.8 Å². The van der Waals surface area contributed by atoms with Gasteiger partial charge in [0.2, 0.25) is 10.0 Å². The maximum atomic E-state index is 12.9. The Labute approximate surface area is 128 Å². The maximum Gasteiger partial charge on any atom is 0.243 e.